The van der Waals surface area contributed by atoms with Crippen molar-refractivity contribution in [3.8, 4) is 17.6 Å². The van der Waals surface area contributed by atoms with E-state index in [1.54, 1.807) is 12.1 Å². The SMILES string of the molecule is Cc1cc(OCc2cccc(F)c2Cl)ccc1C#CCCl. The molecule has 21 heavy (non-hydrogen) atoms. The summed E-state index contributed by atoms with van der Waals surface area (Å²) in [4.78, 5) is 0. The Bertz CT molecular complexity index is 702. The number of hydrogen-bond donors (Lipinski definition) is 0. The fraction of sp³-hybridized carbons (Fsp3) is 0.176. The molecule has 0 radical (unpaired) electrons. The normalized spacial score (nSPS) is 9.90. The van der Waals surface area contributed by atoms with Crippen LogP contribution in [0.5, 0.6) is 5.75 Å². The fourth-order valence-corrected chi connectivity index (χ4v) is 2.06. The van der Waals surface area contributed by atoms with Crippen molar-refractivity contribution in [1.82, 2.24) is 0 Å². The van der Waals surface area contributed by atoms with Crippen LogP contribution in [-0.2, 0) is 6.61 Å². The lowest BCUT2D eigenvalue weighted by atomic mass is 10.1. The topological polar surface area (TPSA) is 9.23 Å². The third-order valence-electron chi connectivity index (χ3n) is 2.91. The van der Waals surface area contributed by atoms with Gasteiger partial charge in [-0.1, -0.05) is 35.6 Å². The van der Waals surface area contributed by atoms with Crippen molar-refractivity contribution < 1.29 is 9.13 Å². The number of hydrogen-bond acceptors (Lipinski definition) is 1. The molecule has 0 saturated carbocycles. The van der Waals surface area contributed by atoms with Gasteiger partial charge in [0.25, 0.3) is 0 Å². The Labute approximate surface area is 133 Å². The highest BCUT2D eigenvalue weighted by molar-refractivity contribution is 6.31. The molecule has 0 unspecified atom stereocenters. The molecular weight excluding hydrogens is 310 g/mol. The molecule has 2 aromatic rings. The van der Waals surface area contributed by atoms with E-state index in [2.05, 4.69) is 11.8 Å². The molecule has 0 spiro atoms. The third kappa shape index (κ3) is 4.14. The van der Waals surface area contributed by atoms with E-state index in [0.717, 1.165) is 11.1 Å². The lowest BCUT2D eigenvalue weighted by Crippen LogP contribution is -1.98. The van der Waals surface area contributed by atoms with E-state index in [0.29, 0.717) is 17.2 Å². The van der Waals surface area contributed by atoms with Gasteiger partial charge >= 0.3 is 0 Å². The first-order valence-electron chi connectivity index (χ1n) is 6.33. The molecular formula is C17H13Cl2FO. The van der Waals surface area contributed by atoms with Gasteiger partial charge in [-0.2, -0.15) is 0 Å². The molecule has 0 saturated heterocycles. The van der Waals surface area contributed by atoms with E-state index < -0.39 is 5.82 Å². The zero-order valence-corrected chi connectivity index (χ0v) is 12.9. The molecule has 0 aliphatic rings. The molecule has 0 bridgehead atoms. The first kappa shape index (κ1) is 15.7. The molecule has 108 valence electrons. The molecule has 0 fully saturated rings. The average Bonchev–Trinajstić information content (AvgIpc) is 2.48. The second-order valence-corrected chi connectivity index (χ2v) is 5.06. The highest BCUT2D eigenvalue weighted by Crippen LogP contribution is 2.23. The number of halogens is 3. The second kappa shape index (κ2) is 7.36. The summed E-state index contributed by atoms with van der Waals surface area (Å²) in [7, 11) is 0. The lowest BCUT2D eigenvalue weighted by Gasteiger charge is -2.09. The van der Waals surface area contributed by atoms with E-state index in [-0.39, 0.29) is 11.6 Å². The van der Waals surface area contributed by atoms with Crippen LogP contribution in [-0.4, -0.2) is 5.88 Å². The maximum Gasteiger partial charge on any atom is 0.142 e. The standard InChI is InChI=1S/C17H13Cl2FO/c1-12-10-15(8-7-13(12)5-3-9-18)21-11-14-4-2-6-16(20)17(14)19/h2,4,6-8,10H,9,11H2,1H3. The predicted molar refractivity (Wildman–Crippen MR) is 84.5 cm³/mol. The van der Waals surface area contributed by atoms with Crippen LogP contribution >= 0.6 is 23.2 Å². The van der Waals surface area contributed by atoms with Crippen molar-refractivity contribution in [3.05, 3.63) is 63.9 Å². The number of ether oxygens (including phenoxy) is 1. The fourth-order valence-electron chi connectivity index (χ4n) is 1.82. The monoisotopic (exact) mass is 322 g/mol. The molecule has 0 aliphatic carbocycles. The Morgan fingerprint density at radius 2 is 2.05 bits per heavy atom. The maximum atomic E-state index is 13.3. The van der Waals surface area contributed by atoms with E-state index in [9.17, 15) is 4.39 Å². The Balaban J connectivity index is 2.10. The molecule has 4 heteroatoms. The van der Waals surface area contributed by atoms with Crippen molar-refractivity contribution in [3.63, 3.8) is 0 Å². The smallest absolute Gasteiger partial charge is 0.142 e. The van der Waals surface area contributed by atoms with Gasteiger partial charge in [0, 0.05) is 11.1 Å². The lowest BCUT2D eigenvalue weighted by molar-refractivity contribution is 0.305. The number of alkyl halides is 1. The minimum atomic E-state index is -0.444. The van der Waals surface area contributed by atoms with Gasteiger partial charge < -0.3 is 4.74 Å². The molecule has 0 aromatic heterocycles. The summed E-state index contributed by atoms with van der Waals surface area (Å²) in [5.41, 5.74) is 2.52. The van der Waals surface area contributed by atoms with Crippen molar-refractivity contribution in [2.45, 2.75) is 13.5 Å². The Hall–Kier alpha value is -1.69. The summed E-state index contributed by atoms with van der Waals surface area (Å²) >= 11 is 11.4. The van der Waals surface area contributed by atoms with Crippen LogP contribution in [0.1, 0.15) is 16.7 Å². The zero-order valence-electron chi connectivity index (χ0n) is 11.4. The summed E-state index contributed by atoms with van der Waals surface area (Å²) in [6.07, 6.45) is 0. The van der Waals surface area contributed by atoms with Crippen molar-refractivity contribution in [2.75, 3.05) is 5.88 Å². The maximum absolute atomic E-state index is 13.3. The minimum absolute atomic E-state index is 0.0961. The highest BCUT2D eigenvalue weighted by atomic mass is 35.5. The van der Waals surface area contributed by atoms with Gasteiger partial charge in [-0.15, -0.1) is 11.6 Å². The van der Waals surface area contributed by atoms with E-state index in [1.807, 2.05) is 25.1 Å². The summed E-state index contributed by atoms with van der Waals surface area (Å²) < 4.78 is 19.0. The van der Waals surface area contributed by atoms with Crippen LogP contribution in [0, 0.1) is 24.6 Å². The van der Waals surface area contributed by atoms with Crippen LogP contribution in [0.15, 0.2) is 36.4 Å². The third-order valence-corrected chi connectivity index (χ3v) is 3.47. The van der Waals surface area contributed by atoms with Crippen LogP contribution < -0.4 is 4.74 Å². The van der Waals surface area contributed by atoms with E-state index >= 15 is 0 Å². The van der Waals surface area contributed by atoms with E-state index in [4.69, 9.17) is 27.9 Å². The average molecular weight is 323 g/mol. The largest absolute Gasteiger partial charge is 0.489 e. The molecule has 0 aliphatic heterocycles. The first-order chi connectivity index (χ1) is 10.1. The minimum Gasteiger partial charge on any atom is -0.489 e. The highest BCUT2D eigenvalue weighted by Gasteiger charge is 2.06. The summed E-state index contributed by atoms with van der Waals surface area (Å²) in [5, 5.41) is 0.0961. The molecule has 0 heterocycles. The summed E-state index contributed by atoms with van der Waals surface area (Å²) in [6.45, 7) is 2.16. The van der Waals surface area contributed by atoms with Gasteiger partial charge in [-0.3, -0.25) is 0 Å². The quantitative estimate of drug-likeness (QED) is 0.573. The van der Waals surface area contributed by atoms with Gasteiger partial charge in [0.2, 0.25) is 0 Å². The predicted octanol–water partition coefficient (Wildman–Crippen LogP) is 4.96. The van der Waals surface area contributed by atoms with Crippen LogP contribution in [0.25, 0.3) is 0 Å². The van der Waals surface area contributed by atoms with Crippen LogP contribution in [0.3, 0.4) is 0 Å². The van der Waals surface area contributed by atoms with Crippen molar-refractivity contribution in [1.29, 1.82) is 0 Å². The van der Waals surface area contributed by atoms with Crippen LogP contribution in [0.4, 0.5) is 4.39 Å². The first-order valence-corrected chi connectivity index (χ1v) is 7.24. The molecule has 1 nitrogen and oxygen atoms in total. The zero-order chi connectivity index (χ0) is 15.2. The Morgan fingerprint density at radius 1 is 1.24 bits per heavy atom. The van der Waals surface area contributed by atoms with Gasteiger partial charge in [-0.05, 0) is 36.8 Å². The summed E-state index contributed by atoms with van der Waals surface area (Å²) in [6, 6.07) is 10.2. The molecule has 0 N–H and O–H groups in total. The second-order valence-electron chi connectivity index (χ2n) is 4.41. The number of benzene rings is 2. The summed E-state index contributed by atoms with van der Waals surface area (Å²) in [5.74, 6) is 6.33. The van der Waals surface area contributed by atoms with E-state index in [1.165, 1.54) is 6.07 Å². The molecule has 2 aromatic carbocycles. The van der Waals surface area contributed by atoms with Crippen LogP contribution in [0.2, 0.25) is 5.02 Å². The Morgan fingerprint density at radius 3 is 2.76 bits per heavy atom. The van der Waals surface area contributed by atoms with Gasteiger partial charge in [-0.25, -0.2) is 4.39 Å². The molecule has 2 rings (SSSR count). The van der Waals surface area contributed by atoms with Crippen molar-refractivity contribution in [2.24, 2.45) is 0 Å². The molecule has 0 amide bonds. The van der Waals surface area contributed by atoms with Gasteiger partial charge in [0.05, 0.1) is 10.9 Å². The van der Waals surface area contributed by atoms with Gasteiger partial charge in [0.15, 0.2) is 0 Å². The number of rotatable bonds is 3. The number of aryl methyl sites for hydroxylation is 1. The Kier molecular flexibility index (Phi) is 5.50. The van der Waals surface area contributed by atoms with Crippen molar-refractivity contribution >= 4 is 23.2 Å². The van der Waals surface area contributed by atoms with Gasteiger partial charge in [0.1, 0.15) is 18.2 Å². The molecule has 0 atom stereocenters.